The van der Waals surface area contributed by atoms with Crippen LogP contribution in [0.3, 0.4) is 0 Å². The molecule has 1 saturated carbocycles. The van der Waals surface area contributed by atoms with Gasteiger partial charge in [0.1, 0.15) is 0 Å². The minimum Gasteiger partial charge on any atom is -0.385 e. The molecule has 1 aliphatic rings. The van der Waals surface area contributed by atoms with Crippen LogP contribution >= 0.6 is 0 Å². The smallest absolute Gasteiger partial charge is 0.240 e. The number of nitrogens with one attached hydrogen (secondary N) is 2. The minimum atomic E-state index is -3.35. The first-order valence-electron chi connectivity index (χ1n) is 6.37. The zero-order chi connectivity index (χ0) is 13.2. The first-order valence-corrected chi connectivity index (χ1v) is 7.86. The van der Waals surface area contributed by atoms with Crippen LogP contribution in [-0.2, 0) is 10.0 Å². The zero-order valence-electron chi connectivity index (χ0n) is 10.8. The molecule has 0 spiro atoms. The molecule has 0 aromatic heterocycles. The Morgan fingerprint density at radius 2 is 1.83 bits per heavy atom. The molecule has 5 heteroatoms. The van der Waals surface area contributed by atoms with Gasteiger partial charge < -0.3 is 5.32 Å². The van der Waals surface area contributed by atoms with Crippen LogP contribution in [0.2, 0.25) is 0 Å². The van der Waals surface area contributed by atoms with E-state index in [1.54, 1.807) is 24.3 Å². The maximum absolute atomic E-state index is 12.1. The van der Waals surface area contributed by atoms with E-state index in [-0.39, 0.29) is 6.04 Å². The van der Waals surface area contributed by atoms with Gasteiger partial charge in [-0.2, -0.15) is 0 Å². The molecular weight excluding hydrogens is 248 g/mol. The summed E-state index contributed by atoms with van der Waals surface area (Å²) >= 11 is 0. The van der Waals surface area contributed by atoms with Crippen molar-refractivity contribution in [3.05, 3.63) is 24.3 Å². The Morgan fingerprint density at radius 3 is 2.33 bits per heavy atom. The van der Waals surface area contributed by atoms with Gasteiger partial charge in [0.15, 0.2) is 0 Å². The molecule has 18 heavy (non-hydrogen) atoms. The third-order valence-corrected chi connectivity index (χ3v) is 4.78. The van der Waals surface area contributed by atoms with Crippen molar-refractivity contribution < 1.29 is 8.42 Å². The van der Waals surface area contributed by atoms with E-state index in [1.165, 1.54) is 0 Å². The standard InChI is InChI=1S/C13H20N2O2S/c1-3-14-11-4-6-13(7-5-11)18(16,17)15-12-8-10(2)9-12/h4-7,10,12,14-15H,3,8-9H2,1-2H3. The molecule has 100 valence electrons. The molecular formula is C13H20N2O2S. The van der Waals surface area contributed by atoms with Crippen LogP contribution in [0.5, 0.6) is 0 Å². The Balaban J connectivity index is 2.04. The first kappa shape index (κ1) is 13.4. The highest BCUT2D eigenvalue weighted by Gasteiger charge is 2.29. The lowest BCUT2D eigenvalue weighted by molar-refractivity contribution is 0.270. The lowest BCUT2D eigenvalue weighted by Gasteiger charge is -2.32. The Hall–Kier alpha value is -1.07. The highest BCUT2D eigenvalue weighted by Crippen LogP contribution is 2.27. The second kappa shape index (κ2) is 5.28. The molecule has 0 bridgehead atoms. The van der Waals surface area contributed by atoms with Gasteiger partial charge in [-0.15, -0.1) is 0 Å². The fourth-order valence-corrected chi connectivity index (χ4v) is 3.50. The molecule has 0 aliphatic heterocycles. The Kier molecular flexibility index (Phi) is 3.92. The van der Waals surface area contributed by atoms with Gasteiger partial charge in [-0.1, -0.05) is 6.92 Å². The molecule has 0 heterocycles. The highest BCUT2D eigenvalue weighted by atomic mass is 32.2. The minimum absolute atomic E-state index is 0.110. The fourth-order valence-electron chi connectivity index (χ4n) is 2.24. The second-order valence-electron chi connectivity index (χ2n) is 4.95. The second-order valence-corrected chi connectivity index (χ2v) is 6.66. The fraction of sp³-hybridized carbons (Fsp3) is 0.538. The van der Waals surface area contributed by atoms with Crippen LogP contribution in [0.15, 0.2) is 29.2 Å². The summed E-state index contributed by atoms with van der Waals surface area (Å²) in [6, 6.07) is 6.98. The van der Waals surface area contributed by atoms with Crippen LogP contribution in [0, 0.1) is 5.92 Å². The maximum atomic E-state index is 12.1. The highest BCUT2D eigenvalue weighted by molar-refractivity contribution is 7.89. The molecule has 1 aliphatic carbocycles. The molecule has 1 aromatic carbocycles. The van der Waals surface area contributed by atoms with Gasteiger partial charge in [0.25, 0.3) is 0 Å². The summed E-state index contributed by atoms with van der Waals surface area (Å²) in [6.45, 7) is 4.96. The summed E-state index contributed by atoms with van der Waals surface area (Å²) in [4.78, 5) is 0.337. The predicted octanol–water partition coefficient (Wildman–Crippen LogP) is 2.20. The van der Waals surface area contributed by atoms with E-state index in [4.69, 9.17) is 0 Å². The lowest BCUT2D eigenvalue weighted by atomic mass is 9.83. The first-order chi connectivity index (χ1) is 8.51. The van der Waals surface area contributed by atoms with E-state index in [9.17, 15) is 8.42 Å². The summed E-state index contributed by atoms with van der Waals surface area (Å²) in [5.41, 5.74) is 0.939. The monoisotopic (exact) mass is 268 g/mol. The quantitative estimate of drug-likeness (QED) is 0.860. The van der Waals surface area contributed by atoms with E-state index < -0.39 is 10.0 Å². The normalized spacial score (nSPS) is 23.4. The molecule has 4 nitrogen and oxygen atoms in total. The molecule has 0 amide bonds. The number of rotatable bonds is 5. The zero-order valence-corrected chi connectivity index (χ0v) is 11.6. The van der Waals surface area contributed by atoms with Gasteiger partial charge in [-0.25, -0.2) is 13.1 Å². The molecule has 1 aromatic rings. The van der Waals surface area contributed by atoms with Crippen molar-refractivity contribution in [3.8, 4) is 0 Å². The molecule has 2 rings (SSSR count). The van der Waals surface area contributed by atoms with Gasteiger partial charge in [0.05, 0.1) is 4.90 Å². The average molecular weight is 268 g/mol. The molecule has 1 fully saturated rings. The van der Waals surface area contributed by atoms with Gasteiger partial charge in [0, 0.05) is 18.3 Å². The Labute approximate surface area is 109 Å². The SMILES string of the molecule is CCNc1ccc(S(=O)(=O)NC2CC(C)C2)cc1. The number of anilines is 1. The van der Waals surface area contributed by atoms with E-state index >= 15 is 0 Å². The third kappa shape index (κ3) is 3.03. The van der Waals surface area contributed by atoms with Crippen LogP contribution < -0.4 is 10.0 Å². The number of hydrogen-bond acceptors (Lipinski definition) is 3. The van der Waals surface area contributed by atoms with Crippen molar-refractivity contribution in [1.82, 2.24) is 4.72 Å². The van der Waals surface area contributed by atoms with Gasteiger partial charge in [0.2, 0.25) is 10.0 Å². The van der Waals surface area contributed by atoms with Crippen LogP contribution in [0.1, 0.15) is 26.7 Å². The summed E-state index contributed by atoms with van der Waals surface area (Å²) in [7, 11) is -3.35. The van der Waals surface area contributed by atoms with Gasteiger partial charge in [-0.3, -0.25) is 0 Å². The average Bonchev–Trinajstić information content (AvgIpc) is 2.28. The van der Waals surface area contributed by atoms with E-state index in [1.807, 2.05) is 6.92 Å². The van der Waals surface area contributed by atoms with Crippen LogP contribution in [0.4, 0.5) is 5.69 Å². The topological polar surface area (TPSA) is 58.2 Å². The summed E-state index contributed by atoms with van der Waals surface area (Å²) in [5, 5.41) is 3.14. The van der Waals surface area contributed by atoms with Crippen molar-refractivity contribution in [2.24, 2.45) is 5.92 Å². The van der Waals surface area contributed by atoms with E-state index in [2.05, 4.69) is 17.0 Å². The molecule has 0 radical (unpaired) electrons. The molecule has 0 atom stereocenters. The van der Waals surface area contributed by atoms with Crippen LogP contribution in [-0.4, -0.2) is 21.0 Å². The third-order valence-electron chi connectivity index (χ3n) is 3.24. The van der Waals surface area contributed by atoms with Crippen molar-refractivity contribution in [2.45, 2.75) is 37.6 Å². The Morgan fingerprint density at radius 1 is 1.22 bits per heavy atom. The van der Waals surface area contributed by atoms with Crippen molar-refractivity contribution in [3.63, 3.8) is 0 Å². The lowest BCUT2D eigenvalue weighted by Crippen LogP contribution is -2.43. The molecule has 0 saturated heterocycles. The number of hydrogen-bond donors (Lipinski definition) is 2. The predicted molar refractivity (Wildman–Crippen MR) is 73.1 cm³/mol. The van der Waals surface area contributed by atoms with Crippen molar-refractivity contribution in [1.29, 1.82) is 0 Å². The van der Waals surface area contributed by atoms with Crippen molar-refractivity contribution >= 4 is 15.7 Å². The molecule has 2 N–H and O–H groups in total. The summed E-state index contributed by atoms with van der Waals surface area (Å²) in [6.07, 6.45) is 1.88. The summed E-state index contributed by atoms with van der Waals surface area (Å²) < 4.78 is 26.9. The van der Waals surface area contributed by atoms with E-state index in [0.717, 1.165) is 25.1 Å². The van der Waals surface area contributed by atoms with Gasteiger partial charge >= 0.3 is 0 Å². The molecule has 0 unspecified atom stereocenters. The number of benzene rings is 1. The maximum Gasteiger partial charge on any atom is 0.240 e. The van der Waals surface area contributed by atoms with Gasteiger partial charge in [-0.05, 0) is 49.9 Å². The summed E-state index contributed by atoms with van der Waals surface area (Å²) in [5.74, 6) is 0.633. The van der Waals surface area contributed by atoms with Crippen LogP contribution in [0.25, 0.3) is 0 Å². The largest absolute Gasteiger partial charge is 0.385 e. The van der Waals surface area contributed by atoms with Crippen molar-refractivity contribution in [2.75, 3.05) is 11.9 Å². The van der Waals surface area contributed by atoms with E-state index in [0.29, 0.717) is 10.8 Å². The number of sulfonamides is 1. The Bertz CT molecular complexity index is 490.